The summed E-state index contributed by atoms with van der Waals surface area (Å²) in [6.45, 7) is 4.18. The molecule has 0 spiro atoms. The molecular formula is C12H15N. The summed E-state index contributed by atoms with van der Waals surface area (Å²) in [5.74, 6) is 0. The van der Waals surface area contributed by atoms with Crippen molar-refractivity contribution in [2.45, 2.75) is 13.8 Å². The highest BCUT2D eigenvalue weighted by atomic mass is 14.6. The number of aryl methyl sites for hydroxylation is 1. The van der Waals surface area contributed by atoms with Crippen molar-refractivity contribution in [1.82, 2.24) is 0 Å². The van der Waals surface area contributed by atoms with Gasteiger partial charge in [-0.05, 0) is 35.9 Å². The summed E-state index contributed by atoms with van der Waals surface area (Å²) < 4.78 is 0. The van der Waals surface area contributed by atoms with Gasteiger partial charge < -0.3 is 0 Å². The maximum Gasteiger partial charge on any atom is 0.0277 e. The Labute approximate surface area is 79.1 Å². The lowest BCUT2D eigenvalue weighted by atomic mass is 10.1. The number of nitrogens with zero attached hydrogens (tertiary/aromatic N) is 1. The minimum absolute atomic E-state index is 1.23. The lowest BCUT2D eigenvalue weighted by Crippen LogP contribution is -2.26. The molecule has 68 valence electrons. The zero-order valence-corrected chi connectivity index (χ0v) is 8.41. The third kappa shape index (κ3) is 2.28. The van der Waals surface area contributed by atoms with E-state index in [4.69, 9.17) is 0 Å². The van der Waals surface area contributed by atoms with Crippen LogP contribution in [-0.4, -0.2) is 13.3 Å². The molecule has 0 saturated heterocycles. The van der Waals surface area contributed by atoms with Crippen molar-refractivity contribution in [3.8, 4) is 0 Å². The van der Waals surface area contributed by atoms with Crippen LogP contribution in [0.3, 0.4) is 0 Å². The van der Waals surface area contributed by atoms with Crippen molar-refractivity contribution < 1.29 is 0 Å². The largest absolute Gasteiger partial charge is 0.296 e. The predicted molar refractivity (Wildman–Crippen MR) is 59.4 cm³/mol. The first-order chi connectivity index (χ1) is 6.29. The van der Waals surface area contributed by atoms with Crippen LogP contribution in [0.25, 0.3) is 12.2 Å². The first-order valence-electron chi connectivity index (χ1n) is 4.44. The Bertz CT molecular complexity index is 413. The molecule has 0 radical (unpaired) electrons. The molecule has 1 heteroatoms. The zero-order valence-electron chi connectivity index (χ0n) is 8.41. The van der Waals surface area contributed by atoms with Crippen LogP contribution in [-0.2, 0) is 0 Å². The van der Waals surface area contributed by atoms with E-state index in [2.05, 4.69) is 43.1 Å². The van der Waals surface area contributed by atoms with Crippen LogP contribution in [0.5, 0.6) is 0 Å². The molecular weight excluding hydrogens is 158 g/mol. The molecule has 0 N–H and O–H groups in total. The van der Waals surface area contributed by atoms with E-state index in [9.17, 15) is 0 Å². The van der Waals surface area contributed by atoms with Crippen LogP contribution >= 0.6 is 0 Å². The minimum atomic E-state index is 1.23. The SMILES string of the molecule is C/C=c1/c(C)ccc/c1=C/C=NC. The van der Waals surface area contributed by atoms with Gasteiger partial charge in [-0.3, -0.25) is 4.99 Å². The number of hydrogen-bond donors (Lipinski definition) is 0. The van der Waals surface area contributed by atoms with Crippen molar-refractivity contribution in [3.63, 3.8) is 0 Å². The Morgan fingerprint density at radius 3 is 2.69 bits per heavy atom. The molecule has 0 aliphatic rings. The van der Waals surface area contributed by atoms with Crippen LogP contribution in [0, 0.1) is 6.92 Å². The van der Waals surface area contributed by atoms with Gasteiger partial charge in [-0.2, -0.15) is 0 Å². The van der Waals surface area contributed by atoms with Crippen molar-refractivity contribution >= 4 is 18.4 Å². The molecule has 0 saturated carbocycles. The first-order valence-corrected chi connectivity index (χ1v) is 4.44. The number of aliphatic imine (C=N–C) groups is 1. The Hall–Kier alpha value is -1.37. The van der Waals surface area contributed by atoms with Gasteiger partial charge >= 0.3 is 0 Å². The summed E-state index contributed by atoms with van der Waals surface area (Å²) in [7, 11) is 1.78. The van der Waals surface area contributed by atoms with Crippen LogP contribution in [0.2, 0.25) is 0 Å². The molecule has 1 aromatic rings. The highest BCUT2D eigenvalue weighted by Crippen LogP contribution is 1.83. The van der Waals surface area contributed by atoms with Crippen molar-refractivity contribution in [2.24, 2.45) is 4.99 Å². The normalized spacial score (nSPS) is 14.4. The Morgan fingerprint density at radius 2 is 2.08 bits per heavy atom. The Morgan fingerprint density at radius 1 is 1.31 bits per heavy atom. The van der Waals surface area contributed by atoms with Gasteiger partial charge in [0.1, 0.15) is 0 Å². The molecule has 1 rings (SSSR count). The summed E-state index contributed by atoms with van der Waals surface area (Å²) in [5, 5.41) is 2.52. The maximum atomic E-state index is 3.94. The Balaban J connectivity index is 3.47. The molecule has 0 unspecified atom stereocenters. The summed E-state index contributed by atoms with van der Waals surface area (Å²) in [4.78, 5) is 3.94. The van der Waals surface area contributed by atoms with Gasteiger partial charge in [-0.1, -0.05) is 24.3 Å². The van der Waals surface area contributed by atoms with E-state index in [1.165, 1.54) is 16.0 Å². The quantitative estimate of drug-likeness (QED) is 0.567. The van der Waals surface area contributed by atoms with Crippen LogP contribution in [0.1, 0.15) is 12.5 Å². The highest BCUT2D eigenvalue weighted by molar-refractivity contribution is 5.90. The summed E-state index contributed by atoms with van der Waals surface area (Å²) >= 11 is 0. The average molecular weight is 173 g/mol. The number of rotatable bonds is 1. The van der Waals surface area contributed by atoms with Crippen molar-refractivity contribution in [2.75, 3.05) is 7.05 Å². The fourth-order valence-corrected chi connectivity index (χ4v) is 1.40. The molecule has 0 bridgehead atoms. The van der Waals surface area contributed by atoms with E-state index in [1.807, 2.05) is 12.3 Å². The van der Waals surface area contributed by atoms with Crippen molar-refractivity contribution in [3.05, 3.63) is 34.2 Å². The van der Waals surface area contributed by atoms with Crippen LogP contribution in [0.4, 0.5) is 0 Å². The zero-order chi connectivity index (χ0) is 9.68. The lowest BCUT2D eigenvalue weighted by Gasteiger charge is -1.94. The standard InChI is InChI=1S/C12H15N/c1-4-12-10(2)6-5-7-11(12)8-9-13-3/h4-9H,1-3H3/b11-8-,12-4-,13-9?. The predicted octanol–water partition coefficient (Wildman–Crippen LogP) is 1.28. The molecule has 0 aliphatic carbocycles. The van der Waals surface area contributed by atoms with E-state index in [1.54, 1.807) is 7.05 Å². The molecule has 0 aromatic heterocycles. The van der Waals surface area contributed by atoms with Crippen LogP contribution in [0.15, 0.2) is 23.2 Å². The second-order valence-electron chi connectivity index (χ2n) is 2.94. The molecule has 1 aromatic carbocycles. The fraction of sp³-hybridized carbons (Fsp3) is 0.250. The molecule has 13 heavy (non-hydrogen) atoms. The second-order valence-corrected chi connectivity index (χ2v) is 2.94. The maximum absolute atomic E-state index is 3.94. The van der Waals surface area contributed by atoms with E-state index in [0.717, 1.165) is 0 Å². The summed E-state index contributed by atoms with van der Waals surface area (Å²) in [6.07, 6.45) is 5.98. The van der Waals surface area contributed by atoms with Gasteiger partial charge in [0, 0.05) is 13.3 Å². The van der Waals surface area contributed by atoms with Gasteiger partial charge in [0.25, 0.3) is 0 Å². The van der Waals surface area contributed by atoms with E-state index in [0.29, 0.717) is 0 Å². The molecule has 1 nitrogen and oxygen atoms in total. The molecule has 0 fully saturated rings. The van der Waals surface area contributed by atoms with E-state index < -0.39 is 0 Å². The third-order valence-corrected chi connectivity index (χ3v) is 2.05. The smallest absolute Gasteiger partial charge is 0.0277 e. The van der Waals surface area contributed by atoms with Crippen LogP contribution < -0.4 is 10.4 Å². The van der Waals surface area contributed by atoms with Gasteiger partial charge in [-0.15, -0.1) is 0 Å². The number of benzene rings is 1. The van der Waals surface area contributed by atoms with E-state index in [-0.39, 0.29) is 0 Å². The highest BCUT2D eigenvalue weighted by Gasteiger charge is 1.87. The first kappa shape index (κ1) is 9.72. The molecule has 0 atom stereocenters. The minimum Gasteiger partial charge on any atom is -0.296 e. The summed E-state index contributed by atoms with van der Waals surface area (Å²) in [5.41, 5.74) is 1.31. The lowest BCUT2D eigenvalue weighted by molar-refractivity contribution is 1.36. The van der Waals surface area contributed by atoms with Gasteiger partial charge in [0.15, 0.2) is 0 Å². The summed E-state index contributed by atoms with van der Waals surface area (Å²) in [6, 6.07) is 6.29. The van der Waals surface area contributed by atoms with Crippen molar-refractivity contribution in [1.29, 1.82) is 0 Å². The van der Waals surface area contributed by atoms with Gasteiger partial charge in [0.2, 0.25) is 0 Å². The third-order valence-electron chi connectivity index (χ3n) is 2.05. The topological polar surface area (TPSA) is 12.4 Å². The van der Waals surface area contributed by atoms with Gasteiger partial charge in [-0.25, -0.2) is 0 Å². The fourth-order valence-electron chi connectivity index (χ4n) is 1.40. The number of hydrogen-bond acceptors (Lipinski definition) is 1. The van der Waals surface area contributed by atoms with Gasteiger partial charge in [0.05, 0.1) is 0 Å². The van der Waals surface area contributed by atoms with E-state index >= 15 is 0 Å². The molecule has 0 aliphatic heterocycles. The monoisotopic (exact) mass is 173 g/mol. The second kappa shape index (κ2) is 4.61. The Kier molecular flexibility index (Phi) is 3.44. The molecule has 0 amide bonds. The molecule has 0 heterocycles. The average Bonchev–Trinajstić information content (AvgIpc) is 2.15.